The number of pyridine rings is 1. The molecule has 5 rings (SSSR count). The fraction of sp³-hybridized carbons (Fsp3) is 0.522. The van der Waals surface area contributed by atoms with Crippen LogP contribution in [0, 0.1) is 17.8 Å². The molecular weight excluding hydrogens is 665 g/mol. The minimum Gasteiger partial charge on any atom is -0.387 e. The summed E-state index contributed by atoms with van der Waals surface area (Å²) in [5.74, 6) is 4.17. The molecule has 1 aromatic carbocycles. The Morgan fingerprint density at radius 2 is 1.65 bits per heavy atom. The van der Waals surface area contributed by atoms with Crippen molar-refractivity contribution in [3.63, 3.8) is 0 Å². The molecule has 0 atom stereocenters. The zero-order valence-electron chi connectivity index (χ0n) is 35.2. The van der Waals surface area contributed by atoms with E-state index in [-0.39, 0.29) is 0 Å². The monoisotopic (exact) mass is 741 g/mol. The van der Waals surface area contributed by atoms with E-state index in [2.05, 4.69) is 116 Å². The van der Waals surface area contributed by atoms with E-state index in [1.807, 2.05) is 39.2 Å². The van der Waals surface area contributed by atoms with E-state index >= 15 is 0 Å². The Kier molecular flexibility index (Phi) is 24.9. The number of nitrogens with one attached hydrogen (secondary N) is 4. The lowest BCUT2D eigenvalue weighted by molar-refractivity contribution is 0.284. The molecule has 1 saturated heterocycles. The number of benzene rings is 1. The summed E-state index contributed by atoms with van der Waals surface area (Å²) in [7, 11) is 1.96. The van der Waals surface area contributed by atoms with Crippen molar-refractivity contribution in [3.8, 4) is 0 Å². The molecular formula is C46H76N8. The van der Waals surface area contributed by atoms with Gasteiger partial charge in [-0.2, -0.15) is 0 Å². The summed E-state index contributed by atoms with van der Waals surface area (Å²) in [4.78, 5) is 11.7. The van der Waals surface area contributed by atoms with Crippen LogP contribution in [0.5, 0.6) is 0 Å². The Bertz CT molecular complexity index is 1410. The molecule has 8 nitrogen and oxygen atoms in total. The number of fused-ring (bicyclic) bond motifs is 1. The second kappa shape index (κ2) is 28.2. The zero-order valence-corrected chi connectivity index (χ0v) is 35.2. The summed E-state index contributed by atoms with van der Waals surface area (Å²) in [6.45, 7) is 34.1. The summed E-state index contributed by atoms with van der Waals surface area (Å²) in [5.41, 5.74) is 19.2. The number of nitrogens with two attached hydrogens (primary N) is 1. The molecule has 0 unspecified atom stereocenters. The molecule has 6 N–H and O–H groups in total. The molecule has 0 amide bonds. The van der Waals surface area contributed by atoms with Gasteiger partial charge in [0.15, 0.2) is 0 Å². The van der Waals surface area contributed by atoms with Gasteiger partial charge in [0.05, 0.1) is 17.6 Å². The Morgan fingerprint density at radius 3 is 2.19 bits per heavy atom. The lowest BCUT2D eigenvalue weighted by Crippen LogP contribution is -2.38. The average Bonchev–Trinajstić information content (AvgIpc) is 3.36. The second-order valence-electron chi connectivity index (χ2n) is 14.0. The number of anilines is 2. The maximum atomic E-state index is 6.18. The van der Waals surface area contributed by atoms with Crippen molar-refractivity contribution in [2.24, 2.45) is 28.5 Å². The van der Waals surface area contributed by atoms with Crippen molar-refractivity contribution < 1.29 is 0 Å². The van der Waals surface area contributed by atoms with Crippen LogP contribution in [0.4, 0.5) is 17.2 Å². The van der Waals surface area contributed by atoms with Gasteiger partial charge in [-0.15, -0.1) is 13.2 Å². The average molecular weight is 741 g/mol. The Morgan fingerprint density at radius 1 is 0.963 bits per heavy atom. The minimum absolute atomic E-state index is 0.437. The van der Waals surface area contributed by atoms with E-state index in [4.69, 9.17) is 10.7 Å². The first-order valence-corrected chi connectivity index (χ1v) is 20.5. The van der Waals surface area contributed by atoms with Crippen LogP contribution in [0.25, 0.3) is 11.8 Å². The summed E-state index contributed by atoms with van der Waals surface area (Å²) in [6.07, 6.45) is 19.2. The van der Waals surface area contributed by atoms with Gasteiger partial charge in [-0.05, 0) is 74.9 Å². The zero-order chi connectivity index (χ0) is 40.3. The minimum atomic E-state index is 0.437. The highest BCUT2D eigenvalue weighted by Gasteiger charge is 2.22. The highest BCUT2D eigenvalue weighted by atomic mass is 15.3. The topological polar surface area (TPSA) is 103 Å². The first-order valence-electron chi connectivity index (χ1n) is 20.5. The molecule has 1 saturated carbocycles. The van der Waals surface area contributed by atoms with Crippen LogP contribution < -0.4 is 32.1 Å². The van der Waals surface area contributed by atoms with Crippen molar-refractivity contribution >= 4 is 34.8 Å². The largest absolute Gasteiger partial charge is 0.387 e. The lowest BCUT2D eigenvalue weighted by atomic mass is 9.82. The van der Waals surface area contributed by atoms with E-state index in [1.165, 1.54) is 44.1 Å². The molecule has 3 heterocycles. The normalized spacial score (nSPS) is 17.5. The molecule has 2 aliphatic heterocycles. The number of aromatic nitrogens is 1. The SMILES string of the molecule is C=C.C=CNNC(=C)C1CCN(c2ccc(NC(=C)c3ccc4c(c3)N=C(N)CC(CCC)=C4)cn2)CC1.CC.CCC1CCC(C)CC1.CCCNC. The van der Waals surface area contributed by atoms with Crippen molar-refractivity contribution in [2.45, 2.75) is 112 Å². The van der Waals surface area contributed by atoms with Crippen molar-refractivity contribution in [2.75, 3.05) is 36.9 Å². The van der Waals surface area contributed by atoms with E-state index in [0.717, 1.165) is 103 Å². The molecule has 300 valence electrons. The van der Waals surface area contributed by atoms with Gasteiger partial charge in [0.1, 0.15) is 11.7 Å². The molecule has 8 heteroatoms. The van der Waals surface area contributed by atoms with Crippen LogP contribution in [0.1, 0.15) is 123 Å². The first-order chi connectivity index (χ1) is 26.2. The molecule has 1 aliphatic carbocycles. The predicted octanol–water partition coefficient (Wildman–Crippen LogP) is 11.4. The molecule has 2 fully saturated rings. The number of hydrogen-bond acceptors (Lipinski definition) is 8. The number of hydrogen-bond donors (Lipinski definition) is 5. The van der Waals surface area contributed by atoms with Gasteiger partial charge in [-0.1, -0.05) is 124 Å². The van der Waals surface area contributed by atoms with Crippen LogP contribution in [-0.2, 0) is 0 Å². The van der Waals surface area contributed by atoms with Gasteiger partial charge in [-0.25, -0.2) is 9.98 Å². The number of aliphatic imine (C=N–C) groups is 1. The fourth-order valence-electron chi connectivity index (χ4n) is 6.71. The molecule has 3 aliphatic rings. The maximum absolute atomic E-state index is 6.18. The highest BCUT2D eigenvalue weighted by Crippen LogP contribution is 2.32. The van der Waals surface area contributed by atoms with Gasteiger partial charge >= 0.3 is 0 Å². The Labute approximate surface area is 330 Å². The fourth-order valence-corrected chi connectivity index (χ4v) is 6.71. The van der Waals surface area contributed by atoms with Gasteiger partial charge in [0, 0.05) is 48.6 Å². The van der Waals surface area contributed by atoms with E-state index in [9.17, 15) is 0 Å². The number of nitrogens with zero attached hydrogens (tertiary/aromatic N) is 3. The van der Waals surface area contributed by atoms with Crippen LogP contribution in [0.3, 0.4) is 0 Å². The summed E-state index contributed by atoms with van der Waals surface area (Å²) < 4.78 is 0. The third-order valence-electron chi connectivity index (χ3n) is 9.88. The van der Waals surface area contributed by atoms with Crippen LogP contribution >= 0.6 is 0 Å². The van der Waals surface area contributed by atoms with Crippen molar-refractivity contribution in [3.05, 3.63) is 98.0 Å². The van der Waals surface area contributed by atoms with Crippen LogP contribution in [0.2, 0.25) is 0 Å². The summed E-state index contributed by atoms with van der Waals surface area (Å²) in [5, 5.41) is 6.40. The van der Waals surface area contributed by atoms with Crippen LogP contribution in [0.15, 0.2) is 91.9 Å². The number of piperidine rings is 1. The van der Waals surface area contributed by atoms with E-state index in [0.29, 0.717) is 11.8 Å². The van der Waals surface area contributed by atoms with E-state index < -0.39 is 0 Å². The number of allylic oxidation sites excluding steroid dienone is 1. The Hall–Kier alpha value is -4.30. The third-order valence-corrected chi connectivity index (χ3v) is 9.88. The molecule has 2 aromatic rings. The molecule has 0 bridgehead atoms. The number of hydrazine groups is 1. The van der Waals surface area contributed by atoms with Gasteiger partial charge in [0.25, 0.3) is 0 Å². The second-order valence-corrected chi connectivity index (χ2v) is 14.0. The lowest BCUT2D eigenvalue weighted by Gasteiger charge is -2.33. The summed E-state index contributed by atoms with van der Waals surface area (Å²) in [6, 6.07) is 10.3. The number of rotatable bonds is 13. The first kappa shape index (κ1) is 47.7. The van der Waals surface area contributed by atoms with Gasteiger partial charge in [-0.3, -0.25) is 0 Å². The van der Waals surface area contributed by atoms with Crippen molar-refractivity contribution in [1.29, 1.82) is 0 Å². The maximum Gasteiger partial charge on any atom is 0.128 e. The predicted molar refractivity (Wildman–Crippen MR) is 241 cm³/mol. The quantitative estimate of drug-likeness (QED) is 0.103. The van der Waals surface area contributed by atoms with E-state index in [1.54, 1.807) is 6.20 Å². The van der Waals surface area contributed by atoms with Gasteiger partial charge in [0.2, 0.25) is 0 Å². The highest BCUT2D eigenvalue weighted by molar-refractivity contribution is 5.90. The van der Waals surface area contributed by atoms with Crippen molar-refractivity contribution in [1.82, 2.24) is 21.2 Å². The smallest absolute Gasteiger partial charge is 0.128 e. The Balaban J connectivity index is 0.000000671. The molecule has 54 heavy (non-hydrogen) atoms. The summed E-state index contributed by atoms with van der Waals surface area (Å²) >= 11 is 0. The molecule has 0 spiro atoms. The third kappa shape index (κ3) is 17.2. The molecule has 0 radical (unpaired) electrons. The van der Waals surface area contributed by atoms with Gasteiger partial charge < -0.3 is 32.1 Å². The standard InChI is InChI=1S/C29H37N7.C9H18.C4H11N.C2H6.C2H4/c1-5-7-22-16-25-9-8-24(18-27(25)34-28(30)17-22)20(3)33-26-10-11-29(31-19-26)36-14-12-23(13-15-36)21(4)35-32-6-2;1-3-9-6-4-8(2)5-7-9;1-3-4-5-2;2*1-2/h6,8-11,16,18-19,23,32-33,35H,2-5,7,12-15,17H2,1H3,(H2,30,34);8-9H,3-7H2,1-2H3;5H,3-4H2,1-2H3;1-2H3;1-2H2. The number of amidine groups is 1. The molecule has 1 aromatic heterocycles. The van der Waals surface area contributed by atoms with Crippen LogP contribution in [-0.4, -0.2) is 37.5 Å².